The number of rotatable bonds is 2. The molecule has 0 saturated carbocycles. The molecular formula is C59H63N2O2+. The first-order chi connectivity index (χ1) is 29.6. The van der Waals surface area contributed by atoms with Crippen LogP contribution in [0.3, 0.4) is 0 Å². The van der Waals surface area contributed by atoms with E-state index in [1.54, 1.807) is 4.86 Å². The molecule has 9 rings (SSSR count). The van der Waals surface area contributed by atoms with Crippen molar-refractivity contribution in [3.05, 3.63) is 161 Å². The van der Waals surface area contributed by atoms with Crippen LogP contribution in [0.1, 0.15) is 116 Å². The van der Waals surface area contributed by atoms with E-state index in [0.29, 0.717) is 0 Å². The van der Waals surface area contributed by atoms with E-state index in [1.807, 2.05) is 0 Å². The van der Waals surface area contributed by atoms with Gasteiger partial charge in [-0.1, -0.05) is 156 Å². The maximum atomic E-state index is 7.55. The van der Waals surface area contributed by atoms with Crippen LogP contribution in [-0.2, 0) is 21.7 Å². The fraction of sp³-hybridized carbons (Fsp3) is 0.305. The topological polar surface area (TPSA) is 34.8 Å². The van der Waals surface area contributed by atoms with E-state index in [2.05, 4.69) is 229 Å². The summed E-state index contributed by atoms with van der Waals surface area (Å²) in [6.07, 6.45) is 0. The van der Waals surface area contributed by atoms with Gasteiger partial charge in [0.25, 0.3) is 11.0 Å². The lowest BCUT2D eigenvalue weighted by Gasteiger charge is -2.26. The second-order valence-corrected chi connectivity index (χ2v) is 22.1. The Balaban J connectivity index is 1.58. The van der Waals surface area contributed by atoms with Gasteiger partial charge < -0.3 is 0 Å². The van der Waals surface area contributed by atoms with Crippen LogP contribution < -0.4 is 4.52 Å². The minimum atomic E-state index is -0.0691. The number of aromatic nitrogens is 2. The number of fused-ring (bicyclic) bond motifs is 8. The van der Waals surface area contributed by atoms with Gasteiger partial charge >= 0.3 is 0 Å². The minimum Gasteiger partial charge on any atom is -0.298 e. The maximum Gasteiger partial charge on any atom is 0.251 e. The number of pyridine rings is 1. The minimum absolute atomic E-state index is 0.0691. The molecule has 0 N–H and O–H groups in total. The zero-order chi connectivity index (χ0) is 45.0. The molecule has 9 aromatic rings. The third-order valence-corrected chi connectivity index (χ3v) is 12.9. The van der Waals surface area contributed by atoms with Crippen molar-refractivity contribution >= 4 is 54.5 Å². The molecule has 0 aliphatic heterocycles. The largest absolute Gasteiger partial charge is 0.298 e. The molecule has 6 aromatic carbocycles. The summed E-state index contributed by atoms with van der Waals surface area (Å²) in [5, 5.41) is 6.40. The van der Waals surface area contributed by atoms with Gasteiger partial charge in [0.05, 0.1) is 10.8 Å². The van der Waals surface area contributed by atoms with Gasteiger partial charge in [-0.3, -0.25) is 9.05 Å². The van der Waals surface area contributed by atoms with Crippen molar-refractivity contribution in [2.75, 3.05) is 0 Å². The summed E-state index contributed by atoms with van der Waals surface area (Å²) in [6.45, 7) is 31.9. The molecule has 0 radical (unpaired) electrons. The van der Waals surface area contributed by atoms with Gasteiger partial charge in [0.15, 0.2) is 11.2 Å². The fourth-order valence-electron chi connectivity index (χ4n) is 9.09. The molecule has 3 heterocycles. The molecule has 0 atom stereocenters. The van der Waals surface area contributed by atoms with Gasteiger partial charge in [0.2, 0.25) is 4.86 Å². The first kappa shape index (κ1) is 42.2. The van der Waals surface area contributed by atoms with E-state index in [9.17, 15) is 0 Å². The zero-order valence-corrected chi connectivity index (χ0v) is 39.8. The number of hydrogen-bond donors (Lipinski definition) is 0. The number of benzene rings is 6. The van der Waals surface area contributed by atoms with Crippen LogP contribution in [0.2, 0.25) is 0 Å². The third-order valence-electron chi connectivity index (χ3n) is 12.9. The highest BCUT2D eigenvalue weighted by Gasteiger charge is 2.26. The lowest BCUT2D eigenvalue weighted by atomic mass is 9.78. The van der Waals surface area contributed by atoms with Crippen LogP contribution in [0.15, 0.2) is 136 Å². The Bertz CT molecular complexity index is 3110. The normalized spacial score (nSPS) is 12.9. The number of nitrogens with zero attached hydrogens (tertiary/aromatic N) is 2. The van der Waals surface area contributed by atoms with Crippen molar-refractivity contribution in [3.63, 3.8) is 0 Å². The highest BCUT2D eigenvalue weighted by Crippen LogP contribution is 2.41. The molecule has 0 aliphatic carbocycles. The van der Waals surface area contributed by atoms with E-state index in [4.69, 9.17) is 9.05 Å². The van der Waals surface area contributed by atoms with Gasteiger partial charge in [0.1, 0.15) is 0 Å². The van der Waals surface area contributed by atoms with Crippen LogP contribution in [0, 0.1) is 13.8 Å². The highest BCUT2D eigenvalue weighted by atomic mass is 16.7. The Morgan fingerprint density at radius 3 is 1.03 bits per heavy atom. The molecule has 0 amide bonds. The van der Waals surface area contributed by atoms with E-state index in [0.717, 1.165) is 87.9 Å². The average Bonchev–Trinajstić information content (AvgIpc) is 3.21. The van der Waals surface area contributed by atoms with Gasteiger partial charge in [-0.25, -0.2) is 0 Å². The molecule has 0 aliphatic rings. The van der Waals surface area contributed by atoms with Gasteiger partial charge in [-0.05, 0) is 138 Å². The van der Waals surface area contributed by atoms with Crippen LogP contribution in [-0.4, -0.2) is 4.86 Å². The van der Waals surface area contributed by atoms with Crippen molar-refractivity contribution < 1.29 is 13.6 Å². The molecule has 3 aromatic heterocycles. The summed E-state index contributed by atoms with van der Waals surface area (Å²) in [4.78, 5) is 1.67. The first-order valence-electron chi connectivity index (χ1n) is 22.6. The summed E-state index contributed by atoms with van der Waals surface area (Å²) in [6, 6.07) is 47.3. The molecule has 0 fully saturated rings. The summed E-state index contributed by atoms with van der Waals surface area (Å²) in [7, 11) is 0. The lowest BCUT2D eigenvalue weighted by molar-refractivity contribution is -0.624. The van der Waals surface area contributed by atoms with Crippen molar-refractivity contribution in [3.8, 4) is 22.3 Å². The second kappa shape index (κ2) is 14.7. The Kier molecular flexibility index (Phi) is 9.86. The quantitative estimate of drug-likeness (QED) is 0.163. The molecular weight excluding hydrogens is 769 g/mol. The van der Waals surface area contributed by atoms with Gasteiger partial charge in [-0.2, -0.15) is 0 Å². The molecule has 0 saturated heterocycles. The molecule has 0 unspecified atom stereocenters. The van der Waals surface area contributed by atoms with Gasteiger partial charge in [0, 0.05) is 34.0 Å². The van der Waals surface area contributed by atoms with Gasteiger partial charge in [-0.15, -0.1) is 0 Å². The smallest absolute Gasteiger partial charge is 0.251 e. The zero-order valence-electron chi connectivity index (χ0n) is 39.8. The predicted octanol–water partition coefficient (Wildman–Crippen LogP) is 16.3. The number of hydrogen-bond acceptors (Lipinski definition) is 2. The maximum absolute atomic E-state index is 7.55. The van der Waals surface area contributed by atoms with E-state index < -0.39 is 0 Å². The Morgan fingerprint density at radius 1 is 0.365 bits per heavy atom. The Hall–Kier alpha value is -6.13. The highest BCUT2D eigenvalue weighted by molar-refractivity contribution is 6.13. The SMILES string of the molecule is Cc1cc(-c2cc(C(C)(C)C)cc(C(C)(C)C)c2)c2on3oc4c(-c5cc(C(C)(C)C)cc(C(C)(C)C)c5)cc(C)cc4c4ccccc4c4cccc(c5ccccc5c2c1)[n+]43. The van der Waals surface area contributed by atoms with Crippen LogP contribution in [0.5, 0.6) is 0 Å². The Morgan fingerprint density at radius 2 is 0.698 bits per heavy atom. The summed E-state index contributed by atoms with van der Waals surface area (Å²) >= 11 is 0. The van der Waals surface area contributed by atoms with Crippen LogP contribution in [0.25, 0.3) is 76.8 Å². The molecule has 320 valence electrons. The second-order valence-electron chi connectivity index (χ2n) is 22.1. The first-order valence-corrected chi connectivity index (χ1v) is 22.6. The lowest BCUT2D eigenvalue weighted by Crippen LogP contribution is -2.31. The molecule has 63 heavy (non-hydrogen) atoms. The third kappa shape index (κ3) is 7.62. The standard InChI is InChI=1S/C59H63N2O2/c1-36-26-48(38-30-40(56(3,4)5)34-41(31-38)57(6,7)8)54-50(28-36)44-20-15-17-22-46(44)52-24-19-25-53-47-23-18-16-21-45(47)51-29-37(2)27-49(55(51)63-61(62-54)60(52)53)39-32-42(58(9,10)11)35-43(33-39)59(12,13)14/h15-35H,1-14H3/q+1. The number of aryl methyl sites for hydroxylation is 2. The summed E-state index contributed by atoms with van der Waals surface area (Å²) < 4.78 is 17.2. The fourth-order valence-corrected chi connectivity index (χ4v) is 9.09. The van der Waals surface area contributed by atoms with Crippen molar-refractivity contribution in [2.24, 2.45) is 0 Å². The van der Waals surface area contributed by atoms with Crippen molar-refractivity contribution in [2.45, 2.75) is 119 Å². The van der Waals surface area contributed by atoms with E-state index in [1.165, 1.54) is 22.3 Å². The molecule has 0 spiro atoms. The average molecular weight is 832 g/mol. The van der Waals surface area contributed by atoms with Crippen molar-refractivity contribution in [1.29, 1.82) is 0 Å². The molecule has 0 bridgehead atoms. The van der Waals surface area contributed by atoms with Crippen LogP contribution in [0.4, 0.5) is 0 Å². The van der Waals surface area contributed by atoms with E-state index in [-0.39, 0.29) is 21.7 Å². The summed E-state index contributed by atoms with van der Waals surface area (Å²) in [5.74, 6) is 0. The van der Waals surface area contributed by atoms with Crippen LogP contribution >= 0.6 is 0 Å². The van der Waals surface area contributed by atoms with Crippen molar-refractivity contribution in [1.82, 2.24) is 4.86 Å². The van der Waals surface area contributed by atoms with E-state index >= 15 is 0 Å². The molecule has 4 heteroatoms. The Labute approximate surface area is 373 Å². The predicted molar refractivity (Wildman–Crippen MR) is 267 cm³/mol. The molecule has 4 nitrogen and oxygen atoms in total. The summed E-state index contributed by atoms with van der Waals surface area (Å²) in [5.41, 5.74) is 14.8. The monoisotopic (exact) mass is 831 g/mol.